The van der Waals surface area contributed by atoms with Gasteiger partial charge in [-0.3, -0.25) is 4.90 Å². The maximum atomic E-state index is 3.88. The molecule has 0 aromatic heterocycles. The predicted molar refractivity (Wildman–Crippen MR) is 140 cm³/mol. The molecule has 0 N–H and O–H groups in total. The Hall–Kier alpha value is -1.90. The molecule has 3 aromatic rings. The number of hydrogen-bond acceptors (Lipinski definition) is 1. The van der Waals surface area contributed by atoms with Gasteiger partial charge in [0.1, 0.15) is 0 Å². The van der Waals surface area contributed by atoms with E-state index in [2.05, 4.69) is 127 Å². The molecule has 0 aliphatic carbocycles. The van der Waals surface area contributed by atoms with Gasteiger partial charge in [-0.05, 0) is 60.8 Å². The molecule has 1 aliphatic rings. The number of nitrogens with zero attached hydrogens (tertiary/aromatic N) is 1. The minimum Gasteiger partial charge on any atom is -0.287 e. The van der Waals surface area contributed by atoms with Crippen LogP contribution in [-0.2, 0) is 5.41 Å². The third-order valence-electron chi connectivity index (χ3n) is 7.42. The van der Waals surface area contributed by atoms with E-state index in [1.54, 1.807) is 0 Å². The van der Waals surface area contributed by atoms with Crippen molar-refractivity contribution in [3.8, 4) is 0 Å². The van der Waals surface area contributed by atoms with Gasteiger partial charge in [-0.15, -0.1) is 0 Å². The molecule has 4 unspecified atom stereocenters. The van der Waals surface area contributed by atoms with E-state index in [1.807, 2.05) is 0 Å². The largest absolute Gasteiger partial charge is 0.287 e. The summed E-state index contributed by atoms with van der Waals surface area (Å²) in [5.74, 6) is 0. The van der Waals surface area contributed by atoms with Crippen LogP contribution in [0.3, 0.4) is 0 Å². The summed E-state index contributed by atoms with van der Waals surface area (Å²) in [6.07, 6.45) is 6.15. The minimum atomic E-state index is 0.193. The predicted octanol–water partition coefficient (Wildman–Crippen LogP) is 8.54. The minimum absolute atomic E-state index is 0.193. The quantitative estimate of drug-likeness (QED) is 0.306. The number of likely N-dealkylation sites (tertiary alicyclic amines) is 1. The molecular formula is C30H36BrN. The van der Waals surface area contributed by atoms with Crippen molar-refractivity contribution in [1.29, 1.82) is 0 Å². The fraction of sp³-hybridized carbons (Fsp3) is 0.400. The van der Waals surface area contributed by atoms with Crippen LogP contribution in [0.4, 0.5) is 0 Å². The molecule has 0 radical (unpaired) electrons. The van der Waals surface area contributed by atoms with Gasteiger partial charge in [0, 0.05) is 16.6 Å². The highest BCUT2D eigenvalue weighted by molar-refractivity contribution is 9.10. The summed E-state index contributed by atoms with van der Waals surface area (Å²) in [5.41, 5.74) is 4.43. The average Bonchev–Trinajstić information content (AvgIpc) is 3.16. The van der Waals surface area contributed by atoms with Crippen molar-refractivity contribution < 1.29 is 0 Å². The second-order valence-electron chi connectivity index (χ2n) is 9.74. The monoisotopic (exact) mass is 489 g/mol. The molecule has 0 spiro atoms. The lowest BCUT2D eigenvalue weighted by Crippen LogP contribution is -2.42. The Labute approximate surface area is 203 Å². The third-order valence-corrected chi connectivity index (χ3v) is 8.14. The van der Waals surface area contributed by atoms with Crippen molar-refractivity contribution in [3.05, 3.63) is 106 Å². The van der Waals surface area contributed by atoms with Gasteiger partial charge in [0.2, 0.25) is 0 Å². The third kappa shape index (κ3) is 4.87. The molecule has 0 bridgehead atoms. The van der Waals surface area contributed by atoms with Crippen LogP contribution in [-0.4, -0.2) is 17.0 Å². The first kappa shape index (κ1) is 23.3. The molecule has 0 saturated carbocycles. The first-order valence-electron chi connectivity index (χ1n) is 12.2. The maximum absolute atomic E-state index is 3.88. The van der Waals surface area contributed by atoms with Crippen molar-refractivity contribution in [2.45, 2.75) is 76.4 Å². The molecular weight excluding hydrogens is 454 g/mol. The van der Waals surface area contributed by atoms with Crippen molar-refractivity contribution in [1.82, 2.24) is 4.90 Å². The van der Waals surface area contributed by atoms with E-state index in [9.17, 15) is 0 Å². The van der Waals surface area contributed by atoms with Gasteiger partial charge in [-0.1, -0.05) is 115 Å². The second kappa shape index (κ2) is 10.4. The number of halogens is 1. The van der Waals surface area contributed by atoms with E-state index in [1.165, 1.54) is 53.3 Å². The van der Waals surface area contributed by atoms with Crippen molar-refractivity contribution >= 4 is 15.9 Å². The normalized spacial score (nSPS) is 21.9. The van der Waals surface area contributed by atoms with Gasteiger partial charge < -0.3 is 0 Å². The van der Waals surface area contributed by atoms with Gasteiger partial charge in [-0.2, -0.15) is 0 Å². The zero-order chi connectivity index (χ0) is 22.6. The van der Waals surface area contributed by atoms with E-state index in [0.717, 1.165) is 0 Å². The summed E-state index contributed by atoms with van der Waals surface area (Å²) in [6, 6.07) is 32.4. The molecule has 1 saturated heterocycles. The zero-order valence-corrected chi connectivity index (χ0v) is 21.3. The Bertz CT molecular complexity index is 986. The van der Waals surface area contributed by atoms with Crippen LogP contribution in [0, 0.1) is 0 Å². The Morgan fingerprint density at radius 3 is 2.19 bits per heavy atom. The zero-order valence-electron chi connectivity index (χ0n) is 19.7. The average molecular weight is 491 g/mol. The van der Waals surface area contributed by atoms with Crippen LogP contribution < -0.4 is 0 Å². The lowest BCUT2D eigenvalue weighted by molar-refractivity contribution is 0.131. The smallest absolute Gasteiger partial charge is 0.0617 e. The van der Waals surface area contributed by atoms with Crippen LogP contribution in [0.5, 0.6) is 0 Å². The van der Waals surface area contributed by atoms with Crippen LogP contribution >= 0.6 is 15.9 Å². The molecule has 32 heavy (non-hydrogen) atoms. The molecule has 0 amide bonds. The van der Waals surface area contributed by atoms with Crippen molar-refractivity contribution in [3.63, 3.8) is 0 Å². The van der Waals surface area contributed by atoms with Gasteiger partial charge in [-0.25, -0.2) is 0 Å². The highest BCUT2D eigenvalue weighted by atomic mass is 79.9. The van der Waals surface area contributed by atoms with Gasteiger partial charge in [0.25, 0.3) is 0 Å². The number of benzene rings is 3. The first-order valence-corrected chi connectivity index (χ1v) is 12.9. The fourth-order valence-electron chi connectivity index (χ4n) is 5.89. The summed E-state index contributed by atoms with van der Waals surface area (Å²) in [6.45, 7) is 7.24. The summed E-state index contributed by atoms with van der Waals surface area (Å²) in [5, 5.41) is 0. The lowest BCUT2D eigenvalue weighted by atomic mass is 9.73. The summed E-state index contributed by atoms with van der Waals surface area (Å²) >= 11 is 3.88. The van der Waals surface area contributed by atoms with Crippen molar-refractivity contribution in [2.24, 2.45) is 0 Å². The van der Waals surface area contributed by atoms with Crippen LogP contribution in [0.2, 0.25) is 0 Å². The molecule has 1 nitrogen and oxygen atoms in total. The topological polar surface area (TPSA) is 3.24 Å². The van der Waals surface area contributed by atoms with Crippen LogP contribution in [0.25, 0.3) is 0 Å². The van der Waals surface area contributed by atoms with E-state index in [4.69, 9.17) is 0 Å². The highest BCUT2D eigenvalue weighted by Gasteiger charge is 2.41. The number of rotatable bonds is 8. The Balaban J connectivity index is 1.74. The SMILES string of the molecule is CCCC(C)(CC1CCC(C)N1C(c1ccccc1)c1ccccc1Br)c1ccccc1. The molecule has 4 atom stereocenters. The van der Waals surface area contributed by atoms with Crippen LogP contribution in [0.1, 0.15) is 75.6 Å². The molecule has 1 aliphatic heterocycles. The molecule has 1 fully saturated rings. The molecule has 2 heteroatoms. The van der Waals surface area contributed by atoms with Gasteiger partial charge in [0.05, 0.1) is 6.04 Å². The maximum Gasteiger partial charge on any atom is 0.0617 e. The van der Waals surface area contributed by atoms with E-state index in [-0.39, 0.29) is 11.5 Å². The summed E-state index contributed by atoms with van der Waals surface area (Å²) in [7, 11) is 0. The lowest BCUT2D eigenvalue weighted by Gasteiger charge is -2.41. The fourth-order valence-corrected chi connectivity index (χ4v) is 6.39. The standard InChI is InChI=1S/C30H36BrN/c1-4-21-30(3,25-15-9-6-10-16-25)22-26-20-19-23(2)32(26)29(24-13-7-5-8-14-24)27-17-11-12-18-28(27)31/h5-18,23,26,29H,4,19-22H2,1-3H3. The van der Waals surface area contributed by atoms with E-state index >= 15 is 0 Å². The first-order chi connectivity index (χ1) is 15.5. The Kier molecular flexibility index (Phi) is 7.53. The van der Waals surface area contributed by atoms with E-state index < -0.39 is 0 Å². The molecule has 168 valence electrons. The summed E-state index contributed by atoms with van der Waals surface area (Å²) < 4.78 is 1.20. The summed E-state index contributed by atoms with van der Waals surface area (Å²) in [4.78, 5) is 2.83. The van der Waals surface area contributed by atoms with Gasteiger partial charge in [0.15, 0.2) is 0 Å². The Morgan fingerprint density at radius 1 is 0.906 bits per heavy atom. The highest BCUT2D eigenvalue weighted by Crippen LogP contribution is 2.45. The Morgan fingerprint density at radius 2 is 1.53 bits per heavy atom. The van der Waals surface area contributed by atoms with Crippen LogP contribution in [0.15, 0.2) is 89.4 Å². The van der Waals surface area contributed by atoms with E-state index in [0.29, 0.717) is 12.1 Å². The van der Waals surface area contributed by atoms with Gasteiger partial charge >= 0.3 is 0 Å². The molecule has 1 heterocycles. The molecule has 4 rings (SSSR count). The van der Waals surface area contributed by atoms with Crippen molar-refractivity contribution in [2.75, 3.05) is 0 Å². The molecule has 3 aromatic carbocycles. The number of hydrogen-bond donors (Lipinski definition) is 0. The second-order valence-corrected chi connectivity index (χ2v) is 10.6.